The molecule has 4 aliphatic rings. The van der Waals surface area contributed by atoms with Crippen LogP contribution in [0.3, 0.4) is 0 Å². The highest BCUT2D eigenvalue weighted by atomic mass is 35.5. The second-order valence-corrected chi connectivity index (χ2v) is 10.5. The first kappa shape index (κ1) is 21.1. The van der Waals surface area contributed by atoms with Crippen molar-refractivity contribution in [2.24, 2.45) is 28.6 Å². The first-order chi connectivity index (χ1) is 14.8. The second-order valence-electron chi connectivity index (χ2n) is 9.91. The number of halogens is 2. The number of hydrogen-bond donors (Lipinski definition) is 1. The fraction of sp³-hybridized carbons (Fsp3) is 0.696. The Morgan fingerprint density at radius 2 is 2.06 bits per heavy atom. The Hall–Kier alpha value is -1.73. The van der Waals surface area contributed by atoms with Gasteiger partial charge >= 0.3 is 5.97 Å². The van der Waals surface area contributed by atoms with Crippen LogP contribution in [-0.2, 0) is 23.9 Å². The van der Waals surface area contributed by atoms with Crippen LogP contribution in [0.1, 0.15) is 41.4 Å². The average Bonchev–Trinajstić information content (AvgIpc) is 2.92. The Morgan fingerprint density at radius 3 is 2.68 bits per heavy atom. The van der Waals surface area contributed by atoms with Crippen LogP contribution >= 0.6 is 11.6 Å². The third kappa shape index (κ3) is 2.45. The monoisotopic (exact) mass is 456 g/mol. The fourth-order valence-corrected chi connectivity index (χ4v) is 7.93. The van der Waals surface area contributed by atoms with Crippen molar-refractivity contribution in [1.82, 2.24) is 0 Å². The Kier molecular flexibility index (Phi) is 4.69. The Morgan fingerprint density at radius 1 is 1.39 bits per heavy atom. The molecule has 6 nitrogen and oxygen atoms in total. The van der Waals surface area contributed by atoms with Gasteiger partial charge in [0.2, 0.25) is 5.60 Å². The van der Waals surface area contributed by atoms with Crippen molar-refractivity contribution in [3.8, 4) is 0 Å². The van der Waals surface area contributed by atoms with E-state index in [-0.39, 0.29) is 24.2 Å². The van der Waals surface area contributed by atoms with E-state index in [0.29, 0.717) is 6.42 Å². The minimum Gasteiger partial charge on any atom is -0.466 e. The minimum atomic E-state index is -1.80. The predicted octanol–water partition coefficient (Wildman–Crippen LogP) is 2.91. The lowest BCUT2D eigenvalue weighted by atomic mass is 9.45. The number of esters is 1. The maximum atomic E-state index is 15.5. The van der Waals surface area contributed by atoms with Gasteiger partial charge in [-0.05, 0) is 48.8 Å². The van der Waals surface area contributed by atoms with E-state index in [0.717, 1.165) is 0 Å². The minimum absolute atomic E-state index is 0.0218. The van der Waals surface area contributed by atoms with Crippen molar-refractivity contribution in [3.05, 3.63) is 23.8 Å². The summed E-state index contributed by atoms with van der Waals surface area (Å²) in [5.74, 6) is -2.66. The Bertz CT molecular complexity index is 953. The summed E-state index contributed by atoms with van der Waals surface area (Å²) < 4.78 is 33.4. The molecule has 2 unspecified atom stereocenters. The number of rotatable bonds is 2. The molecule has 0 aromatic heterocycles. The maximum Gasteiger partial charge on any atom is 0.351 e. The maximum absolute atomic E-state index is 15.5. The van der Waals surface area contributed by atoms with Crippen LogP contribution in [0.25, 0.3) is 0 Å². The van der Waals surface area contributed by atoms with Crippen molar-refractivity contribution in [2.75, 3.05) is 7.11 Å². The van der Waals surface area contributed by atoms with Gasteiger partial charge in [-0.1, -0.05) is 26.8 Å². The Balaban J connectivity index is 1.89. The molecule has 3 saturated carbocycles. The molecule has 1 N–H and O–H groups in total. The van der Waals surface area contributed by atoms with E-state index in [2.05, 4.69) is 0 Å². The smallest absolute Gasteiger partial charge is 0.351 e. The molecule has 0 spiro atoms. The molecule has 0 aromatic rings. The molecule has 0 radical (unpaired) electrons. The summed E-state index contributed by atoms with van der Waals surface area (Å²) in [4.78, 5) is 35.5. The number of alkyl halides is 2. The molecular formula is C23H28ClFO6. The lowest BCUT2D eigenvalue weighted by Crippen LogP contribution is -2.70. The molecule has 3 fully saturated rings. The van der Waals surface area contributed by atoms with Crippen LogP contribution in [0.5, 0.6) is 0 Å². The van der Waals surface area contributed by atoms with E-state index < -0.39 is 63.8 Å². The number of carbonyl (C=O) groups excluding carboxylic acids is 3. The Labute approximate surface area is 187 Å². The zero-order valence-corrected chi connectivity index (χ0v) is 18.7. The quantitative estimate of drug-likeness (QED) is 0.390. The third-order valence-electron chi connectivity index (χ3n) is 8.86. The van der Waals surface area contributed by atoms with Crippen molar-refractivity contribution in [3.63, 3.8) is 0 Å². The fourth-order valence-electron chi connectivity index (χ4n) is 7.44. The van der Waals surface area contributed by atoms with Gasteiger partial charge in [0.25, 0.3) is 6.45 Å². The molecule has 4 aliphatic carbocycles. The molecule has 0 saturated heterocycles. The van der Waals surface area contributed by atoms with Gasteiger partial charge < -0.3 is 14.6 Å². The summed E-state index contributed by atoms with van der Waals surface area (Å²) in [6.07, 6.45) is 0.459. The molecule has 0 bridgehead atoms. The molecular weight excluding hydrogens is 427 g/mol. The van der Waals surface area contributed by atoms with Crippen molar-refractivity contribution < 1.29 is 34.7 Å². The van der Waals surface area contributed by atoms with Crippen LogP contribution in [-0.4, -0.2) is 53.2 Å². The highest BCUT2D eigenvalue weighted by Gasteiger charge is 2.77. The van der Waals surface area contributed by atoms with Crippen molar-refractivity contribution in [1.29, 1.82) is 0 Å². The first-order valence-electron chi connectivity index (χ1n) is 11.0. The van der Waals surface area contributed by atoms with Gasteiger partial charge in [-0.25, -0.2) is 9.18 Å². The van der Waals surface area contributed by atoms with Gasteiger partial charge in [-0.2, -0.15) is 0 Å². The molecule has 0 heterocycles. The van der Waals surface area contributed by atoms with Crippen LogP contribution in [0.4, 0.5) is 4.39 Å². The highest BCUT2D eigenvalue weighted by molar-refractivity contribution is 6.26. The summed E-state index contributed by atoms with van der Waals surface area (Å²) >= 11 is 7.26. The first-order valence-corrected chi connectivity index (χ1v) is 10.9. The summed E-state index contributed by atoms with van der Waals surface area (Å²) in [6, 6.07) is 0. The second kappa shape index (κ2) is 6.88. The van der Waals surface area contributed by atoms with E-state index in [9.17, 15) is 19.5 Å². The molecule has 0 aliphatic heterocycles. The molecule has 9 atom stereocenters. The topological polar surface area (TPSA) is 89.9 Å². The lowest BCUT2D eigenvalue weighted by molar-refractivity contribution is -0.208. The van der Waals surface area contributed by atoms with E-state index in [1.54, 1.807) is 26.8 Å². The molecule has 4 rings (SSSR count). The number of fused-ring (bicyclic) bond motifs is 5. The molecule has 8 heteroatoms. The average molecular weight is 457 g/mol. The highest BCUT2D eigenvalue weighted by Crippen LogP contribution is 2.72. The normalized spacial score (nSPS) is 51.1. The molecule has 170 valence electrons. The van der Waals surface area contributed by atoms with Gasteiger partial charge in [0.1, 0.15) is 6.17 Å². The number of aliphatic hydroxyl groups excluding tert-OH is 1. The van der Waals surface area contributed by atoms with E-state index in [1.807, 2.05) is 0 Å². The summed E-state index contributed by atoms with van der Waals surface area (Å²) in [7, 11) is 1.18. The number of ether oxygens (including phenoxy) is 2. The van der Waals surface area contributed by atoms with Crippen LogP contribution < -0.4 is 0 Å². The van der Waals surface area contributed by atoms with Gasteiger partial charge in [0.05, 0.1) is 18.1 Å². The number of aliphatic hydroxyl groups is 1. The third-order valence-corrected chi connectivity index (χ3v) is 9.78. The summed E-state index contributed by atoms with van der Waals surface area (Å²) in [5, 5.41) is 11.5. The van der Waals surface area contributed by atoms with Crippen molar-refractivity contribution >= 4 is 29.8 Å². The van der Waals surface area contributed by atoms with Crippen LogP contribution in [0, 0.1) is 28.6 Å². The van der Waals surface area contributed by atoms with Crippen molar-refractivity contribution in [2.45, 2.75) is 62.8 Å². The number of hydrogen-bond acceptors (Lipinski definition) is 6. The van der Waals surface area contributed by atoms with Crippen LogP contribution in [0.2, 0.25) is 0 Å². The van der Waals surface area contributed by atoms with Gasteiger partial charge in [0, 0.05) is 16.7 Å². The molecule has 0 amide bonds. The van der Waals surface area contributed by atoms with Gasteiger partial charge in [-0.3, -0.25) is 9.59 Å². The number of ketones is 1. The van der Waals surface area contributed by atoms with Gasteiger partial charge in [-0.15, -0.1) is 11.6 Å². The number of methoxy groups -OCH3 is 1. The van der Waals surface area contributed by atoms with E-state index in [4.69, 9.17) is 22.4 Å². The number of allylic oxidation sites excluding steroid dienone is 4. The molecule has 31 heavy (non-hydrogen) atoms. The zero-order chi connectivity index (χ0) is 23.9. The van der Waals surface area contributed by atoms with Gasteiger partial charge in [0.15, 0.2) is 7.15 Å². The standard InChI is InChI=1S/C23H28ClFO6/c1-12-7-14-15-9-17(25)16-8-13(27)5-6-20(16,2)22(15,24)18(28)10-21(14,3)23(12,31-11-26)19(29)30-4/h5-6,8,11-12,14-15,17-18,28H,7,9-10H2,1-4H3/t12-,14?,15?,17+,18+,20+,21+,22+,23+/m1/s1/i11T. The van der Waals surface area contributed by atoms with E-state index >= 15 is 4.39 Å². The van der Waals surface area contributed by atoms with Crippen LogP contribution in [0.15, 0.2) is 23.8 Å². The lowest BCUT2D eigenvalue weighted by Gasteiger charge is -2.64. The van der Waals surface area contributed by atoms with E-state index in [1.165, 1.54) is 19.3 Å². The zero-order valence-electron chi connectivity index (χ0n) is 19.0. The predicted molar refractivity (Wildman–Crippen MR) is 110 cm³/mol. The summed E-state index contributed by atoms with van der Waals surface area (Å²) in [6.45, 7) is 5.19. The largest absolute Gasteiger partial charge is 0.466 e. The SMILES string of the molecule is [3H]C(=O)O[C@]1(C(=O)OC)[C@H](C)CC2C3C[C@H](F)C4=CC(=O)C=C[C@]4(C)[C@@]3(Cl)[C@@H](O)C[C@@]21C. The summed E-state index contributed by atoms with van der Waals surface area (Å²) in [5.41, 5.74) is -3.80. The number of carbonyl (C=O) groups is 3. The molecule has 0 aromatic carbocycles.